The summed E-state index contributed by atoms with van der Waals surface area (Å²) in [4.78, 5) is 11.4. The molecule has 1 aromatic carbocycles. The molecule has 1 rings (SSSR count). The zero-order valence-corrected chi connectivity index (χ0v) is 7.88. The largest absolute Gasteiger partial charge is 0.508 e. The van der Waals surface area contributed by atoms with E-state index in [0.29, 0.717) is 12.2 Å². The molecule has 0 bridgehead atoms. The van der Waals surface area contributed by atoms with Crippen molar-refractivity contribution >= 4 is 17.7 Å². The Labute approximate surface area is 80.9 Å². The number of hydrogen-bond donors (Lipinski definition) is 2. The molecule has 0 radical (unpaired) electrons. The molecule has 3 nitrogen and oxygen atoms in total. The van der Waals surface area contributed by atoms with E-state index in [-0.39, 0.29) is 11.7 Å². The molecule has 3 N–H and O–H groups in total. The van der Waals surface area contributed by atoms with Crippen LogP contribution in [0.1, 0.15) is 6.42 Å². The number of amides is 1. The number of nitrogens with two attached hydrogens (primary N) is 1. The van der Waals surface area contributed by atoms with E-state index in [4.69, 9.17) is 10.8 Å². The third kappa shape index (κ3) is 3.85. The highest BCUT2D eigenvalue weighted by Gasteiger charge is 1.96. The van der Waals surface area contributed by atoms with Crippen molar-refractivity contribution in [3.05, 3.63) is 24.3 Å². The maximum Gasteiger partial charge on any atom is 0.218 e. The number of phenols is 1. The number of aromatic hydroxyl groups is 1. The Morgan fingerprint density at radius 3 is 2.54 bits per heavy atom. The van der Waals surface area contributed by atoms with Crippen molar-refractivity contribution in [3.8, 4) is 5.75 Å². The number of benzene rings is 1. The predicted molar refractivity (Wildman–Crippen MR) is 52.6 cm³/mol. The zero-order valence-electron chi connectivity index (χ0n) is 7.06. The van der Waals surface area contributed by atoms with Crippen LogP contribution in [0, 0.1) is 0 Å². The second-order valence-electron chi connectivity index (χ2n) is 2.56. The number of carbonyl (C=O) groups excluding carboxylic acids is 1. The molecule has 13 heavy (non-hydrogen) atoms. The molecule has 0 spiro atoms. The van der Waals surface area contributed by atoms with Crippen molar-refractivity contribution in [1.82, 2.24) is 0 Å². The molecule has 0 saturated heterocycles. The van der Waals surface area contributed by atoms with E-state index in [9.17, 15) is 4.79 Å². The lowest BCUT2D eigenvalue weighted by atomic mass is 10.3. The lowest BCUT2D eigenvalue weighted by molar-refractivity contribution is -0.117. The van der Waals surface area contributed by atoms with Crippen molar-refractivity contribution in [2.45, 2.75) is 11.3 Å². The van der Waals surface area contributed by atoms with Gasteiger partial charge in [-0.2, -0.15) is 0 Å². The van der Waals surface area contributed by atoms with Gasteiger partial charge in [0, 0.05) is 17.1 Å². The molecule has 4 heteroatoms. The third-order valence-electron chi connectivity index (χ3n) is 1.45. The molecule has 0 aliphatic carbocycles. The lowest BCUT2D eigenvalue weighted by Gasteiger charge is -1.99. The van der Waals surface area contributed by atoms with Crippen molar-refractivity contribution in [1.29, 1.82) is 0 Å². The van der Waals surface area contributed by atoms with E-state index >= 15 is 0 Å². The van der Waals surface area contributed by atoms with E-state index in [1.54, 1.807) is 36.0 Å². The van der Waals surface area contributed by atoms with Gasteiger partial charge in [0.15, 0.2) is 0 Å². The second kappa shape index (κ2) is 4.77. The van der Waals surface area contributed by atoms with E-state index in [1.165, 1.54) is 0 Å². The van der Waals surface area contributed by atoms with Gasteiger partial charge in [-0.05, 0) is 24.3 Å². The van der Waals surface area contributed by atoms with Gasteiger partial charge in [0.1, 0.15) is 5.75 Å². The predicted octanol–water partition coefficient (Wildman–Crippen LogP) is 1.36. The van der Waals surface area contributed by atoms with E-state index in [2.05, 4.69) is 0 Å². The lowest BCUT2D eigenvalue weighted by Crippen LogP contribution is -2.10. The topological polar surface area (TPSA) is 63.3 Å². The number of carbonyl (C=O) groups is 1. The fraction of sp³-hybridized carbons (Fsp3) is 0.222. The average Bonchev–Trinajstić information content (AvgIpc) is 2.08. The summed E-state index contributed by atoms with van der Waals surface area (Å²) in [6.45, 7) is 0. The molecule has 0 fully saturated rings. The van der Waals surface area contributed by atoms with Crippen LogP contribution in [-0.2, 0) is 4.79 Å². The first-order valence-corrected chi connectivity index (χ1v) is 4.87. The van der Waals surface area contributed by atoms with Crippen LogP contribution >= 0.6 is 11.8 Å². The Balaban J connectivity index is 2.37. The van der Waals surface area contributed by atoms with Crippen molar-refractivity contribution < 1.29 is 9.90 Å². The summed E-state index contributed by atoms with van der Waals surface area (Å²) in [5.74, 6) is 0.644. The summed E-state index contributed by atoms with van der Waals surface area (Å²) in [5.41, 5.74) is 4.99. The molecule has 0 atom stereocenters. The molecule has 0 aliphatic rings. The minimum Gasteiger partial charge on any atom is -0.508 e. The molecule has 0 saturated carbocycles. The fourth-order valence-electron chi connectivity index (χ4n) is 0.812. The third-order valence-corrected chi connectivity index (χ3v) is 2.47. The van der Waals surface area contributed by atoms with Crippen LogP contribution < -0.4 is 5.73 Å². The van der Waals surface area contributed by atoms with Gasteiger partial charge in [-0.25, -0.2) is 0 Å². The number of thioether (sulfide) groups is 1. The Morgan fingerprint density at radius 2 is 2.00 bits per heavy atom. The summed E-state index contributed by atoms with van der Waals surface area (Å²) < 4.78 is 0. The SMILES string of the molecule is NC(=O)CCSc1ccc(O)cc1. The van der Waals surface area contributed by atoms with E-state index < -0.39 is 0 Å². The van der Waals surface area contributed by atoms with Gasteiger partial charge in [0.05, 0.1) is 0 Å². The van der Waals surface area contributed by atoms with Gasteiger partial charge in [0.2, 0.25) is 5.91 Å². The zero-order chi connectivity index (χ0) is 9.68. The standard InChI is InChI=1S/C9H11NO2S/c10-9(12)5-6-13-8-3-1-7(11)2-4-8/h1-4,11H,5-6H2,(H2,10,12). The number of hydrogen-bond acceptors (Lipinski definition) is 3. The molecule has 70 valence electrons. The van der Waals surface area contributed by atoms with Gasteiger partial charge < -0.3 is 10.8 Å². The minimum absolute atomic E-state index is 0.249. The van der Waals surface area contributed by atoms with Crippen LogP contribution in [0.5, 0.6) is 5.75 Å². The second-order valence-corrected chi connectivity index (χ2v) is 3.73. The Morgan fingerprint density at radius 1 is 1.38 bits per heavy atom. The highest BCUT2D eigenvalue weighted by atomic mass is 32.2. The first kappa shape index (κ1) is 9.92. The Kier molecular flexibility index (Phi) is 3.64. The van der Waals surface area contributed by atoms with Crippen LogP contribution in [0.2, 0.25) is 0 Å². The molecule has 0 heterocycles. The Hall–Kier alpha value is -1.16. The smallest absolute Gasteiger partial charge is 0.218 e. The maximum atomic E-state index is 10.4. The van der Waals surface area contributed by atoms with Gasteiger partial charge in [-0.3, -0.25) is 4.79 Å². The van der Waals surface area contributed by atoms with Crippen LogP contribution in [-0.4, -0.2) is 16.8 Å². The van der Waals surface area contributed by atoms with E-state index in [0.717, 1.165) is 4.90 Å². The molecule has 0 aliphatic heterocycles. The molecule has 1 amide bonds. The first-order valence-electron chi connectivity index (χ1n) is 3.88. The molecular formula is C9H11NO2S. The Bertz CT molecular complexity index is 284. The highest BCUT2D eigenvalue weighted by molar-refractivity contribution is 7.99. The van der Waals surface area contributed by atoms with Gasteiger partial charge >= 0.3 is 0 Å². The number of rotatable bonds is 4. The molecule has 0 unspecified atom stereocenters. The average molecular weight is 197 g/mol. The summed E-state index contributed by atoms with van der Waals surface area (Å²) in [5, 5.41) is 8.99. The maximum absolute atomic E-state index is 10.4. The van der Waals surface area contributed by atoms with Crippen LogP contribution in [0.4, 0.5) is 0 Å². The summed E-state index contributed by atoms with van der Waals surface area (Å²) in [6.07, 6.45) is 0.380. The van der Waals surface area contributed by atoms with Crippen LogP contribution in [0.3, 0.4) is 0 Å². The quantitative estimate of drug-likeness (QED) is 0.716. The first-order chi connectivity index (χ1) is 6.18. The monoisotopic (exact) mass is 197 g/mol. The molecular weight excluding hydrogens is 186 g/mol. The highest BCUT2D eigenvalue weighted by Crippen LogP contribution is 2.20. The van der Waals surface area contributed by atoms with Crippen molar-refractivity contribution in [2.24, 2.45) is 5.73 Å². The summed E-state index contributed by atoms with van der Waals surface area (Å²) in [6, 6.07) is 6.85. The van der Waals surface area contributed by atoms with E-state index in [1.807, 2.05) is 0 Å². The number of primary amides is 1. The van der Waals surface area contributed by atoms with Crippen LogP contribution in [0.15, 0.2) is 29.2 Å². The van der Waals surface area contributed by atoms with Gasteiger partial charge in [-0.15, -0.1) is 11.8 Å². The number of phenolic OH excluding ortho intramolecular Hbond substituents is 1. The summed E-state index contributed by atoms with van der Waals surface area (Å²) in [7, 11) is 0. The van der Waals surface area contributed by atoms with Crippen molar-refractivity contribution in [2.75, 3.05) is 5.75 Å². The van der Waals surface area contributed by atoms with Gasteiger partial charge in [0.25, 0.3) is 0 Å². The fourth-order valence-corrected chi connectivity index (χ4v) is 1.68. The van der Waals surface area contributed by atoms with Crippen molar-refractivity contribution in [3.63, 3.8) is 0 Å². The van der Waals surface area contributed by atoms with Gasteiger partial charge in [-0.1, -0.05) is 0 Å². The molecule has 0 aromatic heterocycles. The normalized spacial score (nSPS) is 9.85. The summed E-state index contributed by atoms with van der Waals surface area (Å²) >= 11 is 1.55. The van der Waals surface area contributed by atoms with Crippen LogP contribution in [0.25, 0.3) is 0 Å². The minimum atomic E-state index is -0.286. The molecule has 1 aromatic rings.